The van der Waals surface area contributed by atoms with Crippen molar-refractivity contribution in [2.45, 2.75) is 39.7 Å². The number of rotatable bonds is 10. The predicted molar refractivity (Wildman–Crippen MR) is 125 cm³/mol. The first-order valence-electron chi connectivity index (χ1n) is 10.2. The summed E-state index contributed by atoms with van der Waals surface area (Å²) < 4.78 is 11.7. The molecule has 1 heterocycles. The fourth-order valence-corrected chi connectivity index (χ4v) is 3.35. The van der Waals surface area contributed by atoms with Crippen LogP contribution in [-0.4, -0.2) is 35.4 Å². The van der Waals surface area contributed by atoms with Crippen LogP contribution in [0.25, 0.3) is 10.9 Å². The molecule has 3 rings (SSSR count). The van der Waals surface area contributed by atoms with Gasteiger partial charge in [0, 0.05) is 35.2 Å². The summed E-state index contributed by atoms with van der Waals surface area (Å²) >= 11 is 0. The minimum Gasteiger partial charge on any atom is -0.508 e. The lowest BCUT2D eigenvalue weighted by Gasteiger charge is -2.26. The van der Waals surface area contributed by atoms with Crippen LogP contribution in [0.2, 0.25) is 0 Å². The lowest BCUT2D eigenvalue weighted by atomic mass is 9.94. The van der Waals surface area contributed by atoms with Gasteiger partial charge in [0.05, 0.1) is 6.61 Å². The van der Waals surface area contributed by atoms with E-state index in [-0.39, 0.29) is 23.7 Å². The second-order valence-electron chi connectivity index (χ2n) is 8.53. The van der Waals surface area contributed by atoms with Crippen molar-refractivity contribution in [2.24, 2.45) is 5.92 Å². The number of phenols is 1. The van der Waals surface area contributed by atoms with Gasteiger partial charge < -0.3 is 24.9 Å². The second kappa shape index (κ2) is 10.6. The predicted octanol–water partition coefficient (Wildman–Crippen LogP) is 5.32. The number of aromatic hydroxyl groups is 1. The standard InChI is InChI=1S/C24H32N2O3.ClH/c1-17(2)16-29-22-10-9-19(27)13-23(22)28-12-11-26-24(3,4)14-18-15-25-21-8-6-5-7-20(18)21;/h5-10,13,15,17,25-27H,11-12,14,16H2,1-4H3;1H. The molecular formula is C24H33ClN2O3. The highest BCUT2D eigenvalue weighted by molar-refractivity contribution is 5.85. The average molecular weight is 433 g/mol. The smallest absolute Gasteiger partial charge is 0.164 e. The molecule has 0 aliphatic rings. The van der Waals surface area contributed by atoms with Gasteiger partial charge in [-0.2, -0.15) is 0 Å². The normalized spacial score (nSPS) is 11.5. The van der Waals surface area contributed by atoms with E-state index < -0.39 is 0 Å². The van der Waals surface area contributed by atoms with Crippen LogP contribution in [0.4, 0.5) is 0 Å². The van der Waals surface area contributed by atoms with Crippen molar-refractivity contribution in [1.29, 1.82) is 0 Å². The van der Waals surface area contributed by atoms with Crippen molar-refractivity contribution in [1.82, 2.24) is 10.3 Å². The maximum absolute atomic E-state index is 9.78. The summed E-state index contributed by atoms with van der Waals surface area (Å²) in [4.78, 5) is 3.34. The number of nitrogens with one attached hydrogen (secondary N) is 2. The molecule has 0 saturated heterocycles. The summed E-state index contributed by atoms with van der Waals surface area (Å²) in [5.41, 5.74) is 2.39. The van der Waals surface area contributed by atoms with Gasteiger partial charge in [-0.3, -0.25) is 0 Å². The molecule has 164 valence electrons. The van der Waals surface area contributed by atoms with Gasteiger partial charge in [0.2, 0.25) is 0 Å². The van der Waals surface area contributed by atoms with Gasteiger partial charge in [-0.05, 0) is 49.9 Å². The van der Waals surface area contributed by atoms with Gasteiger partial charge in [-0.15, -0.1) is 12.4 Å². The zero-order valence-electron chi connectivity index (χ0n) is 18.2. The van der Waals surface area contributed by atoms with Gasteiger partial charge in [-0.1, -0.05) is 32.0 Å². The minimum absolute atomic E-state index is 0. The van der Waals surface area contributed by atoms with Crippen molar-refractivity contribution in [3.63, 3.8) is 0 Å². The lowest BCUT2D eigenvalue weighted by Crippen LogP contribution is -2.43. The van der Waals surface area contributed by atoms with Crippen LogP contribution in [0, 0.1) is 5.92 Å². The monoisotopic (exact) mass is 432 g/mol. The van der Waals surface area contributed by atoms with E-state index in [1.807, 2.05) is 6.07 Å². The molecule has 0 bridgehead atoms. The molecule has 3 aromatic rings. The third kappa shape index (κ3) is 6.57. The maximum Gasteiger partial charge on any atom is 0.164 e. The first-order valence-corrected chi connectivity index (χ1v) is 10.2. The van der Waals surface area contributed by atoms with E-state index in [9.17, 15) is 5.11 Å². The molecule has 0 saturated carbocycles. The SMILES string of the molecule is CC(C)COc1ccc(O)cc1OCCNC(C)(C)Cc1c[nH]c2ccccc12.Cl. The van der Waals surface area contributed by atoms with Crippen molar-refractivity contribution >= 4 is 23.3 Å². The second-order valence-corrected chi connectivity index (χ2v) is 8.53. The Balaban J connectivity index is 0.00000320. The first-order chi connectivity index (χ1) is 13.8. The van der Waals surface area contributed by atoms with Gasteiger partial charge in [0.25, 0.3) is 0 Å². The molecule has 0 atom stereocenters. The lowest BCUT2D eigenvalue weighted by molar-refractivity contribution is 0.237. The van der Waals surface area contributed by atoms with E-state index in [0.717, 1.165) is 6.42 Å². The van der Waals surface area contributed by atoms with E-state index in [0.29, 0.717) is 37.2 Å². The van der Waals surface area contributed by atoms with Crippen molar-refractivity contribution in [3.8, 4) is 17.2 Å². The Kier molecular flexibility index (Phi) is 8.44. The molecule has 30 heavy (non-hydrogen) atoms. The Bertz CT molecular complexity index is 937. The zero-order chi connectivity index (χ0) is 20.9. The number of H-pyrrole nitrogens is 1. The number of hydrogen-bond acceptors (Lipinski definition) is 4. The molecule has 1 aromatic heterocycles. The number of halogens is 1. The van der Waals surface area contributed by atoms with Crippen molar-refractivity contribution in [3.05, 3.63) is 54.2 Å². The number of ether oxygens (including phenoxy) is 2. The molecule has 5 nitrogen and oxygen atoms in total. The molecule has 0 amide bonds. The third-order valence-electron chi connectivity index (χ3n) is 4.77. The number of para-hydroxylation sites is 1. The van der Waals surface area contributed by atoms with Crippen LogP contribution in [0.1, 0.15) is 33.3 Å². The number of aromatic nitrogens is 1. The first kappa shape index (κ1) is 23.9. The molecule has 0 aliphatic carbocycles. The molecule has 0 unspecified atom stereocenters. The van der Waals surface area contributed by atoms with Gasteiger partial charge in [-0.25, -0.2) is 0 Å². The fraction of sp³-hybridized carbons (Fsp3) is 0.417. The number of phenolic OH excluding ortho intramolecular Hbond substituents is 1. The molecule has 3 N–H and O–H groups in total. The largest absolute Gasteiger partial charge is 0.508 e. The van der Waals surface area contributed by atoms with E-state index >= 15 is 0 Å². The van der Waals surface area contributed by atoms with Crippen LogP contribution in [0.15, 0.2) is 48.7 Å². The van der Waals surface area contributed by atoms with E-state index in [1.54, 1.807) is 18.2 Å². The topological polar surface area (TPSA) is 66.5 Å². The number of fused-ring (bicyclic) bond motifs is 1. The molecular weight excluding hydrogens is 400 g/mol. The Morgan fingerprint density at radius 3 is 2.60 bits per heavy atom. The highest BCUT2D eigenvalue weighted by Gasteiger charge is 2.19. The number of aromatic amines is 1. The molecule has 0 radical (unpaired) electrons. The van der Waals surface area contributed by atoms with Crippen molar-refractivity contribution in [2.75, 3.05) is 19.8 Å². The Morgan fingerprint density at radius 2 is 1.83 bits per heavy atom. The summed E-state index contributed by atoms with van der Waals surface area (Å²) in [5.74, 6) is 1.82. The molecule has 6 heteroatoms. The zero-order valence-corrected chi connectivity index (χ0v) is 19.0. The van der Waals surface area contributed by atoms with E-state index in [1.165, 1.54) is 16.5 Å². The highest BCUT2D eigenvalue weighted by Crippen LogP contribution is 2.31. The highest BCUT2D eigenvalue weighted by atomic mass is 35.5. The van der Waals surface area contributed by atoms with Crippen LogP contribution in [0.3, 0.4) is 0 Å². The maximum atomic E-state index is 9.78. The van der Waals surface area contributed by atoms with Crippen LogP contribution in [-0.2, 0) is 6.42 Å². The molecule has 0 spiro atoms. The van der Waals surface area contributed by atoms with Gasteiger partial charge in [0.15, 0.2) is 11.5 Å². The minimum atomic E-state index is -0.0792. The molecule has 0 aliphatic heterocycles. The summed E-state index contributed by atoms with van der Waals surface area (Å²) in [7, 11) is 0. The number of benzene rings is 2. The number of hydrogen-bond donors (Lipinski definition) is 3. The van der Waals surface area contributed by atoms with Crippen molar-refractivity contribution < 1.29 is 14.6 Å². The van der Waals surface area contributed by atoms with Gasteiger partial charge >= 0.3 is 0 Å². The summed E-state index contributed by atoms with van der Waals surface area (Å²) in [6.07, 6.45) is 3.00. The Labute approximate surface area is 185 Å². The summed E-state index contributed by atoms with van der Waals surface area (Å²) in [5, 5.41) is 14.6. The van der Waals surface area contributed by atoms with E-state index in [4.69, 9.17) is 9.47 Å². The average Bonchev–Trinajstić information content (AvgIpc) is 3.07. The van der Waals surface area contributed by atoms with E-state index in [2.05, 4.69) is 62.4 Å². The summed E-state index contributed by atoms with van der Waals surface area (Å²) in [6.45, 7) is 10.4. The van der Waals surface area contributed by atoms with Crippen LogP contribution in [0.5, 0.6) is 17.2 Å². The molecule has 0 fully saturated rings. The van der Waals surface area contributed by atoms with Crippen LogP contribution >= 0.6 is 12.4 Å². The van der Waals surface area contributed by atoms with Gasteiger partial charge in [0.1, 0.15) is 12.4 Å². The quantitative estimate of drug-likeness (QED) is 0.379. The summed E-state index contributed by atoms with van der Waals surface area (Å²) in [6, 6.07) is 13.3. The Hall–Kier alpha value is -2.37. The molecule has 2 aromatic carbocycles. The fourth-order valence-electron chi connectivity index (χ4n) is 3.35. The third-order valence-corrected chi connectivity index (χ3v) is 4.77. The Morgan fingerprint density at radius 1 is 1.07 bits per heavy atom. The van der Waals surface area contributed by atoms with Crippen LogP contribution < -0.4 is 14.8 Å².